The van der Waals surface area contributed by atoms with Crippen molar-refractivity contribution in [2.75, 3.05) is 6.26 Å². The summed E-state index contributed by atoms with van der Waals surface area (Å²) in [6.07, 6.45) is 3.20. The van der Waals surface area contributed by atoms with E-state index in [1.165, 1.54) is 4.90 Å². The van der Waals surface area contributed by atoms with Gasteiger partial charge in [-0.3, -0.25) is 4.98 Å². The second-order valence-electron chi connectivity index (χ2n) is 4.63. The molecule has 3 aromatic rings. The molecule has 3 rings (SSSR count). The number of aliphatic hydroxyl groups excluding tert-OH is 1. The van der Waals surface area contributed by atoms with Gasteiger partial charge in [0, 0.05) is 16.5 Å². The Hall–Kier alpha value is -1.84. The molecule has 2 aromatic carbocycles. The van der Waals surface area contributed by atoms with Gasteiger partial charge in [0.2, 0.25) is 0 Å². The van der Waals surface area contributed by atoms with Crippen LogP contribution in [0.4, 0.5) is 0 Å². The summed E-state index contributed by atoms with van der Waals surface area (Å²) in [5.41, 5.74) is 2.68. The van der Waals surface area contributed by atoms with Crippen LogP contribution in [0.3, 0.4) is 0 Å². The molecule has 100 valence electrons. The summed E-state index contributed by atoms with van der Waals surface area (Å²) in [6.45, 7) is 0. The number of hydrogen-bond acceptors (Lipinski definition) is 3. The zero-order chi connectivity index (χ0) is 13.9. The molecule has 1 N–H and O–H groups in total. The van der Waals surface area contributed by atoms with Crippen LogP contribution in [0.15, 0.2) is 65.7 Å². The number of fused-ring (bicyclic) bond motifs is 1. The average molecular weight is 281 g/mol. The molecule has 1 aromatic heterocycles. The Morgan fingerprint density at radius 3 is 2.50 bits per heavy atom. The van der Waals surface area contributed by atoms with Crippen molar-refractivity contribution >= 4 is 22.7 Å². The largest absolute Gasteiger partial charge is 0.384 e. The van der Waals surface area contributed by atoms with Crippen LogP contribution >= 0.6 is 11.8 Å². The zero-order valence-corrected chi connectivity index (χ0v) is 12.0. The third-order valence-corrected chi connectivity index (χ3v) is 4.12. The molecule has 0 bridgehead atoms. The smallest absolute Gasteiger partial charge is 0.104 e. The first-order valence-electron chi connectivity index (χ1n) is 6.44. The van der Waals surface area contributed by atoms with Crippen molar-refractivity contribution in [3.8, 4) is 0 Å². The topological polar surface area (TPSA) is 33.1 Å². The maximum atomic E-state index is 10.5. The molecule has 0 aliphatic rings. The second-order valence-corrected chi connectivity index (χ2v) is 5.51. The minimum atomic E-state index is -0.614. The highest BCUT2D eigenvalue weighted by Gasteiger charge is 2.11. The summed E-state index contributed by atoms with van der Waals surface area (Å²) in [4.78, 5) is 5.53. The van der Waals surface area contributed by atoms with Crippen molar-refractivity contribution in [1.29, 1.82) is 0 Å². The number of hydrogen-bond donors (Lipinski definition) is 1. The van der Waals surface area contributed by atoms with Crippen molar-refractivity contribution < 1.29 is 5.11 Å². The summed E-state index contributed by atoms with van der Waals surface area (Å²) in [6, 6.07) is 17.8. The SMILES string of the molecule is CSc1ccc(C(O)c2ccc3cccnc3c2)cc1. The first kappa shape index (κ1) is 13.2. The number of nitrogens with zero attached hydrogens (tertiary/aromatic N) is 1. The van der Waals surface area contributed by atoms with Crippen LogP contribution in [0.25, 0.3) is 10.9 Å². The number of rotatable bonds is 3. The lowest BCUT2D eigenvalue weighted by Gasteiger charge is -2.12. The Balaban J connectivity index is 1.96. The Kier molecular flexibility index (Phi) is 3.72. The first-order chi connectivity index (χ1) is 9.78. The van der Waals surface area contributed by atoms with Gasteiger partial charge in [0.25, 0.3) is 0 Å². The molecule has 0 radical (unpaired) electrons. The number of aromatic nitrogens is 1. The summed E-state index contributed by atoms with van der Waals surface area (Å²) in [7, 11) is 0. The predicted octanol–water partition coefficient (Wildman–Crippen LogP) is 4.04. The van der Waals surface area contributed by atoms with Gasteiger partial charge in [-0.1, -0.05) is 30.3 Å². The molecule has 1 heterocycles. The van der Waals surface area contributed by atoms with Gasteiger partial charge in [-0.25, -0.2) is 0 Å². The van der Waals surface area contributed by atoms with Gasteiger partial charge in [-0.05, 0) is 41.6 Å². The van der Waals surface area contributed by atoms with E-state index in [1.54, 1.807) is 18.0 Å². The predicted molar refractivity (Wildman–Crippen MR) is 84.0 cm³/mol. The lowest BCUT2D eigenvalue weighted by atomic mass is 10.0. The minimum absolute atomic E-state index is 0.614. The molecule has 0 aliphatic carbocycles. The Morgan fingerprint density at radius 1 is 1.00 bits per heavy atom. The third-order valence-electron chi connectivity index (χ3n) is 3.38. The van der Waals surface area contributed by atoms with Gasteiger partial charge >= 0.3 is 0 Å². The lowest BCUT2D eigenvalue weighted by Crippen LogP contribution is -1.99. The fourth-order valence-electron chi connectivity index (χ4n) is 2.23. The van der Waals surface area contributed by atoms with E-state index in [1.807, 2.05) is 60.9 Å². The van der Waals surface area contributed by atoms with Crippen LogP contribution < -0.4 is 0 Å². The van der Waals surface area contributed by atoms with E-state index < -0.39 is 6.10 Å². The van der Waals surface area contributed by atoms with Crippen LogP contribution in [-0.4, -0.2) is 16.3 Å². The molecule has 0 saturated heterocycles. The number of thioether (sulfide) groups is 1. The molecule has 0 fully saturated rings. The quantitative estimate of drug-likeness (QED) is 0.736. The number of aliphatic hydroxyl groups is 1. The molecule has 20 heavy (non-hydrogen) atoms. The van der Waals surface area contributed by atoms with E-state index in [0.29, 0.717) is 0 Å². The zero-order valence-electron chi connectivity index (χ0n) is 11.2. The molecule has 3 heteroatoms. The summed E-state index contributed by atoms with van der Waals surface area (Å²) >= 11 is 1.70. The highest BCUT2D eigenvalue weighted by atomic mass is 32.2. The number of benzene rings is 2. The highest BCUT2D eigenvalue weighted by Crippen LogP contribution is 2.26. The summed E-state index contributed by atoms with van der Waals surface area (Å²) in [5.74, 6) is 0. The van der Waals surface area contributed by atoms with Crippen molar-refractivity contribution in [1.82, 2.24) is 4.98 Å². The van der Waals surface area contributed by atoms with E-state index >= 15 is 0 Å². The fraction of sp³-hybridized carbons (Fsp3) is 0.118. The van der Waals surface area contributed by atoms with Crippen LogP contribution in [0.1, 0.15) is 17.2 Å². The van der Waals surface area contributed by atoms with Crippen LogP contribution in [-0.2, 0) is 0 Å². The second kappa shape index (κ2) is 5.65. The van der Waals surface area contributed by atoms with E-state index in [-0.39, 0.29) is 0 Å². The van der Waals surface area contributed by atoms with Crippen molar-refractivity contribution in [2.24, 2.45) is 0 Å². The molecular formula is C17H15NOS. The Labute approximate surface area is 122 Å². The van der Waals surface area contributed by atoms with Gasteiger partial charge in [0.1, 0.15) is 6.10 Å². The van der Waals surface area contributed by atoms with Crippen LogP contribution in [0, 0.1) is 0 Å². The van der Waals surface area contributed by atoms with Crippen molar-refractivity contribution in [3.05, 3.63) is 71.9 Å². The Bertz CT molecular complexity index is 724. The molecule has 0 saturated carbocycles. The van der Waals surface area contributed by atoms with E-state index in [2.05, 4.69) is 4.98 Å². The average Bonchev–Trinajstić information content (AvgIpc) is 2.54. The molecule has 2 nitrogen and oxygen atoms in total. The maximum absolute atomic E-state index is 10.5. The van der Waals surface area contributed by atoms with Gasteiger partial charge in [-0.15, -0.1) is 11.8 Å². The number of pyridine rings is 1. The van der Waals surface area contributed by atoms with Gasteiger partial charge in [0.15, 0.2) is 0 Å². The van der Waals surface area contributed by atoms with Crippen LogP contribution in [0.5, 0.6) is 0 Å². The van der Waals surface area contributed by atoms with Gasteiger partial charge in [0.05, 0.1) is 5.52 Å². The standard InChI is InChI=1S/C17H15NOS/c1-20-15-8-6-13(7-9-15)17(19)14-5-4-12-3-2-10-18-16(12)11-14/h2-11,17,19H,1H3. The fourth-order valence-corrected chi connectivity index (χ4v) is 2.64. The maximum Gasteiger partial charge on any atom is 0.104 e. The van der Waals surface area contributed by atoms with Gasteiger partial charge < -0.3 is 5.11 Å². The molecule has 0 spiro atoms. The van der Waals surface area contributed by atoms with Crippen LogP contribution in [0.2, 0.25) is 0 Å². The van der Waals surface area contributed by atoms with E-state index in [9.17, 15) is 5.11 Å². The molecular weight excluding hydrogens is 266 g/mol. The minimum Gasteiger partial charge on any atom is -0.384 e. The first-order valence-corrected chi connectivity index (χ1v) is 7.67. The normalized spacial score (nSPS) is 12.5. The van der Waals surface area contributed by atoms with Crippen molar-refractivity contribution in [3.63, 3.8) is 0 Å². The van der Waals surface area contributed by atoms with Crippen molar-refractivity contribution in [2.45, 2.75) is 11.0 Å². The molecule has 1 atom stereocenters. The summed E-state index contributed by atoms with van der Waals surface area (Å²) in [5, 5.41) is 11.6. The van der Waals surface area contributed by atoms with Gasteiger partial charge in [-0.2, -0.15) is 0 Å². The molecule has 0 amide bonds. The third kappa shape index (κ3) is 2.55. The Morgan fingerprint density at radius 2 is 1.75 bits per heavy atom. The summed E-state index contributed by atoms with van der Waals surface area (Å²) < 4.78 is 0. The lowest BCUT2D eigenvalue weighted by molar-refractivity contribution is 0.220. The highest BCUT2D eigenvalue weighted by molar-refractivity contribution is 7.98. The monoisotopic (exact) mass is 281 g/mol. The molecule has 0 aliphatic heterocycles. The molecule has 1 unspecified atom stereocenters. The van der Waals surface area contributed by atoms with E-state index in [0.717, 1.165) is 22.0 Å². The van der Waals surface area contributed by atoms with E-state index in [4.69, 9.17) is 0 Å².